The van der Waals surface area contributed by atoms with Crippen molar-refractivity contribution < 1.29 is 9.32 Å². The van der Waals surface area contributed by atoms with E-state index < -0.39 is 0 Å². The summed E-state index contributed by atoms with van der Waals surface area (Å²) in [6.07, 6.45) is 6.58. The van der Waals surface area contributed by atoms with Crippen molar-refractivity contribution >= 4 is 5.91 Å². The van der Waals surface area contributed by atoms with Gasteiger partial charge in [0.05, 0.1) is 24.5 Å². The molecule has 3 aliphatic rings. The fourth-order valence-corrected chi connectivity index (χ4v) is 3.74. The Hall–Kier alpha value is -2.11. The van der Waals surface area contributed by atoms with Crippen molar-refractivity contribution in [3.63, 3.8) is 0 Å². The van der Waals surface area contributed by atoms with Crippen LogP contribution in [0, 0.1) is 0 Å². The average molecular weight is 312 g/mol. The predicted molar refractivity (Wildman–Crippen MR) is 82.1 cm³/mol. The van der Waals surface area contributed by atoms with E-state index in [1.54, 1.807) is 0 Å². The number of nitrogens with zero attached hydrogens (tertiary/aromatic N) is 4. The van der Waals surface area contributed by atoms with Crippen LogP contribution in [0.2, 0.25) is 0 Å². The molecule has 6 nitrogen and oxygen atoms in total. The van der Waals surface area contributed by atoms with Crippen LogP contribution >= 0.6 is 0 Å². The van der Waals surface area contributed by atoms with Crippen molar-refractivity contribution in [2.75, 3.05) is 6.54 Å². The molecule has 1 aliphatic heterocycles. The van der Waals surface area contributed by atoms with Gasteiger partial charge in [0.2, 0.25) is 0 Å². The lowest BCUT2D eigenvalue weighted by Crippen LogP contribution is -2.39. The molecule has 0 aromatic carbocycles. The Labute approximate surface area is 134 Å². The number of carbonyl (C=O) groups is 1. The van der Waals surface area contributed by atoms with Crippen LogP contribution in [0.5, 0.6) is 0 Å². The van der Waals surface area contributed by atoms with Crippen LogP contribution in [0.15, 0.2) is 10.6 Å². The molecule has 6 heteroatoms. The van der Waals surface area contributed by atoms with Crippen LogP contribution < -0.4 is 0 Å². The third-order valence-electron chi connectivity index (χ3n) is 5.25. The predicted octanol–water partition coefficient (Wildman–Crippen LogP) is 2.28. The fourth-order valence-electron chi connectivity index (χ4n) is 3.74. The van der Waals surface area contributed by atoms with Gasteiger partial charge < -0.3 is 9.42 Å². The maximum absolute atomic E-state index is 12.9. The Kier molecular flexibility index (Phi) is 2.87. The summed E-state index contributed by atoms with van der Waals surface area (Å²) in [6.45, 7) is 2.09. The number of amides is 1. The van der Waals surface area contributed by atoms with E-state index in [1.165, 1.54) is 18.5 Å². The van der Waals surface area contributed by atoms with E-state index in [2.05, 4.69) is 21.0 Å². The summed E-state index contributed by atoms with van der Waals surface area (Å²) in [4.78, 5) is 14.8. The fraction of sp³-hybridized carbons (Fsp3) is 0.588. The van der Waals surface area contributed by atoms with Gasteiger partial charge in [-0.15, -0.1) is 0 Å². The molecule has 0 unspecified atom stereocenters. The molecule has 2 aromatic heterocycles. The van der Waals surface area contributed by atoms with Gasteiger partial charge in [0.1, 0.15) is 5.76 Å². The standard InChI is InChI=1S/C17H20N4O2/c22-17(16-13-3-1-2-4-15(13)23-19-16)20-7-8-21-12(10-20)9-14(18-21)11-5-6-11/h9,11H,1-8,10H2. The van der Waals surface area contributed by atoms with Crippen molar-refractivity contribution in [2.45, 2.75) is 57.5 Å². The van der Waals surface area contributed by atoms with Crippen molar-refractivity contribution in [1.29, 1.82) is 0 Å². The minimum absolute atomic E-state index is 0.0114. The van der Waals surface area contributed by atoms with Gasteiger partial charge >= 0.3 is 0 Å². The van der Waals surface area contributed by atoms with Gasteiger partial charge in [-0.3, -0.25) is 9.48 Å². The lowest BCUT2D eigenvalue weighted by molar-refractivity contribution is 0.0694. The summed E-state index contributed by atoms with van der Waals surface area (Å²) in [5, 5.41) is 8.77. The second kappa shape index (κ2) is 4.94. The normalized spacial score (nSPS) is 20.3. The molecule has 1 amide bonds. The number of hydrogen-bond acceptors (Lipinski definition) is 4. The lowest BCUT2D eigenvalue weighted by atomic mass is 9.96. The van der Waals surface area contributed by atoms with E-state index in [0.717, 1.165) is 49.2 Å². The van der Waals surface area contributed by atoms with Crippen LogP contribution in [0.4, 0.5) is 0 Å². The number of aromatic nitrogens is 3. The van der Waals surface area contributed by atoms with Crippen molar-refractivity contribution in [2.24, 2.45) is 0 Å². The summed E-state index contributed by atoms with van der Waals surface area (Å²) >= 11 is 0. The summed E-state index contributed by atoms with van der Waals surface area (Å²) in [5.74, 6) is 1.58. The molecule has 0 bridgehead atoms. The molecule has 2 aromatic rings. The van der Waals surface area contributed by atoms with E-state index in [0.29, 0.717) is 24.7 Å². The van der Waals surface area contributed by atoms with Gasteiger partial charge in [-0.25, -0.2) is 0 Å². The third kappa shape index (κ3) is 2.19. The molecule has 0 spiro atoms. The van der Waals surface area contributed by atoms with Gasteiger partial charge in [-0.1, -0.05) is 5.16 Å². The molecule has 23 heavy (non-hydrogen) atoms. The highest BCUT2D eigenvalue weighted by Gasteiger charge is 2.32. The van der Waals surface area contributed by atoms with Crippen molar-refractivity contribution in [3.8, 4) is 0 Å². The zero-order chi connectivity index (χ0) is 15.4. The first-order chi connectivity index (χ1) is 11.3. The maximum atomic E-state index is 12.9. The van der Waals surface area contributed by atoms with Gasteiger partial charge in [0.25, 0.3) is 5.91 Å². The van der Waals surface area contributed by atoms with Crippen LogP contribution in [0.3, 0.4) is 0 Å². The van der Waals surface area contributed by atoms with E-state index in [4.69, 9.17) is 4.52 Å². The topological polar surface area (TPSA) is 64.2 Å². The highest BCUT2D eigenvalue weighted by Crippen LogP contribution is 2.39. The Morgan fingerprint density at radius 2 is 2.09 bits per heavy atom. The summed E-state index contributed by atoms with van der Waals surface area (Å²) < 4.78 is 7.46. The Bertz CT molecular complexity index is 772. The first-order valence-corrected chi connectivity index (χ1v) is 8.63. The molecular weight excluding hydrogens is 292 g/mol. The average Bonchev–Trinajstić information content (AvgIpc) is 3.21. The third-order valence-corrected chi connectivity index (χ3v) is 5.25. The van der Waals surface area contributed by atoms with Gasteiger partial charge in [0, 0.05) is 24.4 Å². The second-order valence-electron chi connectivity index (χ2n) is 6.92. The first-order valence-electron chi connectivity index (χ1n) is 8.63. The summed E-state index contributed by atoms with van der Waals surface area (Å²) in [7, 11) is 0. The molecule has 0 saturated heterocycles. The minimum atomic E-state index is 0.0114. The highest BCUT2D eigenvalue weighted by molar-refractivity contribution is 5.94. The quantitative estimate of drug-likeness (QED) is 0.853. The van der Waals surface area contributed by atoms with Crippen molar-refractivity contribution in [1.82, 2.24) is 19.8 Å². The SMILES string of the molecule is O=C(c1noc2c1CCCC2)N1CCn2nc(C3CC3)cc2C1. The monoisotopic (exact) mass is 312 g/mol. The molecular formula is C17H20N4O2. The molecule has 3 heterocycles. The molecule has 1 fully saturated rings. The Balaban J connectivity index is 1.39. The first kappa shape index (κ1) is 13.3. The van der Waals surface area contributed by atoms with Gasteiger partial charge in [0.15, 0.2) is 5.69 Å². The lowest BCUT2D eigenvalue weighted by Gasteiger charge is -2.27. The van der Waals surface area contributed by atoms with E-state index in [1.807, 2.05) is 4.90 Å². The largest absolute Gasteiger partial charge is 0.360 e. The zero-order valence-electron chi connectivity index (χ0n) is 13.1. The number of fused-ring (bicyclic) bond motifs is 2. The van der Waals surface area contributed by atoms with E-state index >= 15 is 0 Å². The molecule has 120 valence electrons. The van der Waals surface area contributed by atoms with Crippen LogP contribution in [-0.4, -0.2) is 32.3 Å². The molecule has 2 aliphatic carbocycles. The molecule has 0 N–H and O–H groups in total. The van der Waals surface area contributed by atoms with Crippen LogP contribution in [0.25, 0.3) is 0 Å². The molecule has 0 radical (unpaired) electrons. The van der Waals surface area contributed by atoms with Crippen LogP contribution in [0.1, 0.15) is 64.8 Å². The number of rotatable bonds is 2. The Morgan fingerprint density at radius 1 is 1.22 bits per heavy atom. The zero-order valence-corrected chi connectivity index (χ0v) is 13.1. The second-order valence-corrected chi connectivity index (χ2v) is 6.92. The van der Waals surface area contributed by atoms with Crippen molar-refractivity contribution in [3.05, 3.63) is 34.5 Å². The van der Waals surface area contributed by atoms with E-state index in [-0.39, 0.29) is 5.91 Å². The number of hydrogen-bond donors (Lipinski definition) is 0. The van der Waals surface area contributed by atoms with Gasteiger partial charge in [-0.2, -0.15) is 5.10 Å². The molecule has 0 atom stereocenters. The number of carbonyl (C=O) groups excluding carboxylic acids is 1. The molecule has 5 rings (SSSR count). The number of aryl methyl sites for hydroxylation is 1. The highest BCUT2D eigenvalue weighted by atomic mass is 16.5. The smallest absolute Gasteiger partial charge is 0.276 e. The maximum Gasteiger partial charge on any atom is 0.276 e. The van der Waals surface area contributed by atoms with Gasteiger partial charge in [-0.05, 0) is 38.2 Å². The van der Waals surface area contributed by atoms with Crippen LogP contribution in [-0.2, 0) is 25.9 Å². The van der Waals surface area contributed by atoms with E-state index in [9.17, 15) is 4.79 Å². The minimum Gasteiger partial charge on any atom is -0.360 e. The summed E-state index contributed by atoms with van der Waals surface area (Å²) in [5.41, 5.74) is 3.92. The molecule has 1 saturated carbocycles. The summed E-state index contributed by atoms with van der Waals surface area (Å²) in [6, 6.07) is 2.18. The Morgan fingerprint density at radius 3 is 2.96 bits per heavy atom.